The maximum Gasteiger partial charge on any atom is 0.242 e. The molecule has 7 heteroatoms. The Labute approximate surface area is 131 Å². The maximum absolute atomic E-state index is 12.3. The van der Waals surface area contributed by atoms with Gasteiger partial charge < -0.3 is 10.6 Å². The number of benzene rings is 1. The molecule has 6 nitrogen and oxygen atoms in total. The van der Waals surface area contributed by atoms with Gasteiger partial charge in [0.25, 0.3) is 0 Å². The summed E-state index contributed by atoms with van der Waals surface area (Å²) in [5.74, 6) is 0.162. The van der Waals surface area contributed by atoms with Crippen molar-refractivity contribution in [3.05, 3.63) is 23.8 Å². The van der Waals surface area contributed by atoms with Crippen molar-refractivity contribution in [2.75, 3.05) is 32.5 Å². The summed E-state index contributed by atoms with van der Waals surface area (Å²) in [5, 5.41) is 5.96. The lowest BCUT2D eigenvalue weighted by Crippen LogP contribution is -2.48. The summed E-state index contributed by atoms with van der Waals surface area (Å²) in [6.07, 6.45) is 0. The average molecular weight is 325 g/mol. The van der Waals surface area contributed by atoms with E-state index in [-0.39, 0.29) is 16.7 Å². The summed E-state index contributed by atoms with van der Waals surface area (Å²) in [6, 6.07) is 4.96. The normalized spacial score (nSPS) is 17.1. The number of rotatable bonds is 5. The minimum absolute atomic E-state index is 0.0800. The molecule has 122 valence electrons. The van der Waals surface area contributed by atoms with Crippen molar-refractivity contribution >= 4 is 21.6 Å². The molecule has 1 unspecified atom stereocenters. The second-order valence-electron chi connectivity index (χ2n) is 5.96. The highest BCUT2D eigenvalue weighted by molar-refractivity contribution is 7.89. The highest BCUT2D eigenvalue weighted by Gasteiger charge is 2.29. The van der Waals surface area contributed by atoms with Crippen molar-refractivity contribution in [1.82, 2.24) is 9.62 Å². The Balaban J connectivity index is 2.21. The smallest absolute Gasteiger partial charge is 0.242 e. The van der Waals surface area contributed by atoms with Gasteiger partial charge >= 0.3 is 0 Å². The third-order valence-electron chi connectivity index (χ3n) is 4.15. The second-order valence-corrected chi connectivity index (χ2v) is 8.08. The lowest BCUT2D eigenvalue weighted by molar-refractivity contribution is -0.121. The molecule has 2 N–H and O–H groups in total. The largest absolute Gasteiger partial charge is 0.326 e. The molecule has 2 rings (SSSR count). The number of nitrogens with zero attached hydrogens (tertiary/aromatic N) is 1. The first-order valence-electron chi connectivity index (χ1n) is 7.28. The minimum atomic E-state index is -3.52. The molecule has 1 atom stereocenters. The van der Waals surface area contributed by atoms with Crippen LogP contribution in [0.2, 0.25) is 0 Å². The Bertz CT molecular complexity index is 667. The monoisotopic (exact) mass is 325 g/mol. The molecule has 1 fully saturated rings. The van der Waals surface area contributed by atoms with E-state index in [0.717, 1.165) is 13.1 Å². The first-order valence-corrected chi connectivity index (χ1v) is 8.72. The third-order valence-corrected chi connectivity index (χ3v) is 6.11. The van der Waals surface area contributed by atoms with Crippen LogP contribution in [0.1, 0.15) is 12.5 Å². The number of anilines is 1. The van der Waals surface area contributed by atoms with Crippen molar-refractivity contribution in [2.45, 2.75) is 18.7 Å². The number of sulfonamides is 1. The fraction of sp³-hybridized carbons (Fsp3) is 0.533. The molecule has 1 aliphatic heterocycles. The van der Waals surface area contributed by atoms with Gasteiger partial charge in [0.15, 0.2) is 0 Å². The number of hydrogen-bond acceptors (Lipinski definition) is 4. The molecule has 1 aromatic carbocycles. The fourth-order valence-corrected chi connectivity index (χ4v) is 3.43. The van der Waals surface area contributed by atoms with Gasteiger partial charge in [-0.2, -0.15) is 0 Å². The summed E-state index contributed by atoms with van der Waals surface area (Å²) in [5.41, 5.74) is 1.16. The van der Waals surface area contributed by atoms with Gasteiger partial charge in [-0.3, -0.25) is 4.79 Å². The summed E-state index contributed by atoms with van der Waals surface area (Å²) in [4.78, 5) is 12.4. The molecule has 1 saturated heterocycles. The van der Waals surface area contributed by atoms with Crippen LogP contribution in [0.25, 0.3) is 0 Å². The number of aryl methyl sites for hydroxylation is 1. The van der Waals surface area contributed by atoms with E-state index in [1.165, 1.54) is 24.5 Å². The molecule has 0 aliphatic carbocycles. The molecule has 0 bridgehead atoms. The van der Waals surface area contributed by atoms with E-state index in [1.807, 2.05) is 6.92 Å². The minimum Gasteiger partial charge on any atom is -0.326 e. The average Bonchev–Trinajstić information content (AvgIpc) is 2.38. The number of carbonyl (C=O) groups excluding carboxylic acids is 1. The van der Waals surface area contributed by atoms with Gasteiger partial charge in [0, 0.05) is 25.7 Å². The van der Waals surface area contributed by atoms with E-state index in [9.17, 15) is 13.2 Å². The molecular weight excluding hydrogens is 302 g/mol. The molecule has 1 amide bonds. The van der Waals surface area contributed by atoms with Crippen LogP contribution in [0.3, 0.4) is 0 Å². The maximum atomic E-state index is 12.3. The molecular formula is C15H23N3O3S. The van der Waals surface area contributed by atoms with Gasteiger partial charge in [0.2, 0.25) is 15.9 Å². The van der Waals surface area contributed by atoms with Gasteiger partial charge in [-0.05, 0) is 43.6 Å². The quantitative estimate of drug-likeness (QED) is 0.848. The van der Waals surface area contributed by atoms with Gasteiger partial charge in [-0.25, -0.2) is 12.7 Å². The summed E-state index contributed by atoms with van der Waals surface area (Å²) in [7, 11) is -0.540. The van der Waals surface area contributed by atoms with Crippen LogP contribution in [0.15, 0.2) is 23.1 Å². The van der Waals surface area contributed by atoms with E-state index in [4.69, 9.17) is 0 Å². The van der Waals surface area contributed by atoms with Crippen LogP contribution in [0.5, 0.6) is 0 Å². The lowest BCUT2D eigenvalue weighted by Gasteiger charge is -2.31. The van der Waals surface area contributed by atoms with E-state index < -0.39 is 10.0 Å². The summed E-state index contributed by atoms with van der Waals surface area (Å²) in [6.45, 7) is 5.34. The topological polar surface area (TPSA) is 78.5 Å². The Kier molecular flexibility index (Phi) is 4.89. The predicted molar refractivity (Wildman–Crippen MR) is 86.2 cm³/mol. The summed E-state index contributed by atoms with van der Waals surface area (Å²) < 4.78 is 25.8. The Morgan fingerprint density at radius 3 is 2.50 bits per heavy atom. The molecule has 0 spiro atoms. The van der Waals surface area contributed by atoms with Crippen molar-refractivity contribution in [3.63, 3.8) is 0 Å². The van der Waals surface area contributed by atoms with Crippen molar-refractivity contribution in [3.8, 4) is 0 Å². The van der Waals surface area contributed by atoms with Crippen molar-refractivity contribution in [1.29, 1.82) is 0 Å². The van der Waals surface area contributed by atoms with Crippen LogP contribution in [-0.2, 0) is 14.8 Å². The van der Waals surface area contributed by atoms with Gasteiger partial charge in [0.05, 0.1) is 4.90 Å². The highest BCUT2D eigenvalue weighted by Crippen LogP contribution is 2.24. The molecule has 0 radical (unpaired) electrons. The molecule has 1 aliphatic rings. The van der Waals surface area contributed by atoms with E-state index in [1.54, 1.807) is 19.1 Å². The molecule has 1 heterocycles. The van der Waals surface area contributed by atoms with E-state index >= 15 is 0 Å². The van der Waals surface area contributed by atoms with Crippen LogP contribution in [-0.4, -0.2) is 45.8 Å². The first kappa shape index (κ1) is 16.9. The molecule has 1 aromatic rings. The first-order chi connectivity index (χ1) is 10.2. The number of amides is 1. The molecule has 0 saturated carbocycles. The van der Waals surface area contributed by atoms with Crippen LogP contribution < -0.4 is 10.6 Å². The fourth-order valence-electron chi connectivity index (χ4n) is 2.29. The van der Waals surface area contributed by atoms with Gasteiger partial charge in [0.1, 0.15) is 0 Å². The van der Waals surface area contributed by atoms with Crippen LogP contribution in [0, 0.1) is 18.8 Å². The Hall–Kier alpha value is -1.44. The SMILES string of the molecule is Cc1ccc(NC(=O)C(C)C2CNC2)cc1S(=O)(=O)N(C)C. The molecule has 22 heavy (non-hydrogen) atoms. The lowest BCUT2D eigenvalue weighted by atomic mass is 9.88. The van der Waals surface area contributed by atoms with Crippen molar-refractivity contribution in [2.24, 2.45) is 11.8 Å². The zero-order valence-corrected chi connectivity index (χ0v) is 14.2. The number of hydrogen-bond donors (Lipinski definition) is 2. The number of carbonyl (C=O) groups is 1. The van der Waals surface area contributed by atoms with Gasteiger partial charge in [-0.1, -0.05) is 13.0 Å². The Morgan fingerprint density at radius 1 is 1.36 bits per heavy atom. The summed E-state index contributed by atoms with van der Waals surface area (Å²) >= 11 is 0. The zero-order chi connectivity index (χ0) is 16.5. The van der Waals surface area contributed by atoms with Crippen LogP contribution in [0.4, 0.5) is 5.69 Å². The predicted octanol–water partition coefficient (Wildman–Crippen LogP) is 1.04. The zero-order valence-electron chi connectivity index (χ0n) is 13.4. The number of nitrogens with one attached hydrogen (secondary N) is 2. The Morgan fingerprint density at radius 2 is 2.00 bits per heavy atom. The second kappa shape index (κ2) is 6.36. The standard InChI is InChI=1S/C15H23N3O3S/c1-10-5-6-13(7-14(10)22(20,21)18(3)4)17-15(19)11(2)12-8-16-9-12/h5-7,11-12,16H,8-9H2,1-4H3,(H,17,19). The van der Waals surface area contributed by atoms with E-state index in [0.29, 0.717) is 17.2 Å². The van der Waals surface area contributed by atoms with Gasteiger partial charge in [-0.15, -0.1) is 0 Å². The van der Waals surface area contributed by atoms with E-state index in [2.05, 4.69) is 10.6 Å². The van der Waals surface area contributed by atoms with Crippen LogP contribution >= 0.6 is 0 Å². The highest BCUT2D eigenvalue weighted by atomic mass is 32.2. The van der Waals surface area contributed by atoms with Crippen molar-refractivity contribution < 1.29 is 13.2 Å². The third kappa shape index (κ3) is 3.31. The molecule has 0 aromatic heterocycles.